The predicted molar refractivity (Wildman–Crippen MR) is 72.3 cm³/mol. The number of nitrogens with one attached hydrogen (secondary N) is 1. The lowest BCUT2D eigenvalue weighted by Crippen LogP contribution is -2.40. The summed E-state index contributed by atoms with van der Waals surface area (Å²) in [4.78, 5) is 24.3. The fraction of sp³-hybridized carbons (Fsp3) is 0.750. The van der Waals surface area contributed by atoms with Gasteiger partial charge in [-0.25, -0.2) is 4.79 Å². The number of rotatable bonds is 2. The molecule has 0 amide bonds. The van der Waals surface area contributed by atoms with Crippen LogP contribution in [0.25, 0.3) is 0 Å². The second-order valence-electron chi connectivity index (χ2n) is 4.46. The highest BCUT2D eigenvalue weighted by atomic mass is 17.0. The largest absolute Gasteiger partial charge is 0.480 e. The first kappa shape index (κ1) is 18.5. The molecule has 8 heteroatoms. The van der Waals surface area contributed by atoms with Crippen molar-refractivity contribution in [2.24, 2.45) is 4.99 Å². The number of hydrogen-bond donors (Lipinski definition) is 5. The molecule has 2 heterocycles. The molecule has 0 aromatic carbocycles. The number of carboxylic acid groups (broad SMARTS) is 2. The van der Waals surface area contributed by atoms with Gasteiger partial charge in [-0.3, -0.25) is 20.3 Å². The molecular weight excluding hydrogens is 268 g/mol. The lowest BCUT2D eigenvalue weighted by molar-refractivity contribution is -0.176. The molecule has 2 unspecified atom stereocenters. The number of aliphatic imine (C=N–C) groups is 1. The van der Waals surface area contributed by atoms with Crippen molar-refractivity contribution in [3.05, 3.63) is 0 Å². The summed E-state index contributed by atoms with van der Waals surface area (Å²) in [5.41, 5.74) is 0. The molecule has 0 bridgehead atoms. The van der Waals surface area contributed by atoms with E-state index in [0.29, 0.717) is 6.42 Å². The summed E-state index contributed by atoms with van der Waals surface area (Å²) < 4.78 is 0. The van der Waals surface area contributed by atoms with Crippen molar-refractivity contribution < 1.29 is 30.3 Å². The van der Waals surface area contributed by atoms with Crippen molar-refractivity contribution in [2.75, 3.05) is 6.54 Å². The van der Waals surface area contributed by atoms with Gasteiger partial charge in [0.15, 0.2) is 0 Å². The predicted octanol–water partition coefficient (Wildman–Crippen LogP) is 0.925. The van der Waals surface area contributed by atoms with Crippen LogP contribution >= 0.6 is 0 Å². The van der Waals surface area contributed by atoms with Gasteiger partial charge in [-0.05, 0) is 44.9 Å². The molecule has 2 aliphatic rings. The van der Waals surface area contributed by atoms with E-state index in [2.05, 4.69) is 10.3 Å². The lowest BCUT2D eigenvalue weighted by Gasteiger charge is -2.18. The maximum absolute atomic E-state index is 10.3. The molecule has 5 N–H and O–H groups in total. The number of carbonyl (C=O) groups is 2. The zero-order valence-electron chi connectivity index (χ0n) is 11.2. The van der Waals surface area contributed by atoms with Crippen molar-refractivity contribution in [3.8, 4) is 0 Å². The first-order chi connectivity index (χ1) is 9.61. The third-order valence-corrected chi connectivity index (χ3v) is 2.99. The third kappa shape index (κ3) is 7.82. The second-order valence-corrected chi connectivity index (χ2v) is 4.46. The van der Waals surface area contributed by atoms with Crippen molar-refractivity contribution in [1.82, 2.24) is 5.32 Å². The van der Waals surface area contributed by atoms with Gasteiger partial charge < -0.3 is 15.5 Å². The summed E-state index contributed by atoms with van der Waals surface area (Å²) in [5, 5.41) is 31.8. The molecule has 0 radical (unpaired) electrons. The summed E-state index contributed by atoms with van der Waals surface area (Å²) in [5.74, 6) is -1.51. The first-order valence-electron chi connectivity index (χ1n) is 6.52. The Kier molecular flexibility index (Phi) is 10.5. The molecule has 2 atom stereocenters. The fourth-order valence-corrected chi connectivity index (χ4v) is 1.93. The van der Waals surface area contributed by atoms with Crippen molar-refractivity contribution >= 4 is 18.2 Å². The maximum Gasteiger partial charge on any atom is 0.328 e. The van der Waals surface area contributed by atoms with Gasteiger partial charge in [0, 0.05) is 0 Å². The summed E-state index contributed by atoms with van der Waals surface area (Å²) >= 11 is 0. The van der Waals surface area contributed by atoms with E-state index in [0.717, 1.165) is 38.6 Å². The van der Waals surface area contributed by atoms with E-state index in [4.69, 9.17) is 20.7 Å². The molecule has 0 spiro atoms. The zero-order chi connectivity index (χ0) is 15.4. The van der Waals surface area contributed by atoms with Gasteiger partial charge in [0.05, 0.1) is 0 Å². The molecule has 0 aromatic rings. The smallest absolute Gasteiger partial charge is 0.328 e. The van der Waals surface area contributed by atoms with E-state index < -0.39 is 18.0 Å². The average Bonchev–Trinajstić information content (AvgIpc) is 2.51. The van der Waals surface area contributed by atoms with E-state index in [9.17, 15) is 9.59 Å². The molecule has 2 rings (SSSR count). The second kappa shape index (κ2) is 11.3. The third-order valence-electron chi connectivity index (χ3n) is 2.99. The van der Waals surface area contributed by atoms with E-state index in [1.54, 1.807) is 6.21 Å². The Labute approximate surface area is 117 Å². The molecule has 0 aliphatic carbocycles. The van der Waals surface area contributed by atoms with Crippen LogP contribution in [0.3, 0.4) is 0 Å². The van der Waals surface area contributed by atoms with Gasteiger partial charge in [0.25, 0.3) is 0 Å². The van der Waals surface area contributed by atoms with Crippen LogP contribution in [0.5, 0.6) is 0 Å². The van der Waals surface area contributed by atoms with Crippen LogP contribution in [-0.4, -0.2) is 57.5 Å². The maximum atomic E-state index is 10.3. The average molecular weight is 290 g/mol. The van der Waals surface area contributed by atoms with E-state index in [1.807, 2.05) is 0 Å². The molecule has 8 nitrogen and oxygen atoms in total. The Morgan fingerprint density at radius 2 is 1.75 bits per heavy atom. The monoisotopic (exact) mass is 290 g/mol. The van der Waals surface area contributed by atoms with Gasteiger partial charge in [-0.15, -0.1) is 0 Å². The Morgan fingerprint density at radius 3 is 2.05 bits per heavy atom. The van der Waals surface area contributed by atoms with Crippen LogP contribution < -0.4 is 5.32 Å². The number of carboxylic acids is 2. The molecular formula is C12H22N2O6. The topological polar surface area (TPSA) is 139 Å². The quantitative estimate of drug-likeness (QED) is 0.376. The summed E-state index contributed by atoms with van der Waals surface area (Å²) in [6.45, 7) is 0.858. The minimum Gasteiger partial charge on any atom is -0.480 e. The highest BCUT2D eigenvalue weighted by Gasteiger charge is 2.18. The minimum atomic E-state index is -0.800. The Hall–Kier alpha value is -1.51. The zero-order valence-corrected chi connectivity index (χ0v) is 11.2. The van der Waals surface area contributed by atoms with Crippen LogP contribution in [0.4, 0.5) is 0 Å². The molecule has 1 saturated heterocycles. The molecule has 0 saturated carbocycles. The van der Waals surface area contributed by atoms with E-state index in [1.165, 1.54) is 0 Å². The van der Waals surface area contributed by atoms with Crippen molar-refractivity contribution in [3.63, 3.8) is 0 Å². The highest BCUT2D eigenvalue weighted by molar-refractivity contribution is 5.76. The summed E-state index contributed by atoms with van der Waals surface area (Å²) in [7, 11) is 0. The van der Waals surface area contributed by atoms with Crippen LogP contribution in [0, 0.1) is 0 Å². The van der Waals surface area contributed by atoms with Crippen molar-refractivity contribution in [1.29, 1.82) is 0 Å². The van der Waals surface area contributed by atoms with Gasteiger partial charge in [-0.2, -0.15) is 0 Å². The van der Waals surface area contributed by atoms with Gasteiger partial charge in [0.1, 0.15) is 12.1 Å². The highest BCUT2D eigenvalue weighted by Crippen LogP contribution is 2.08. The van der Waals surface area contributed by atoms with Crippen LogP contribution in [0.15, 0.2) is 4.99 Å². The van der Waals surface area contributed by atoms with E-state index in [-0.39, 0.29) is 6.04 Å². The van der Waals surface area contributed by atoms with Gasteiger partial charge in [-0.1, -0.05) is 6.42 Å². The van der Waals surface area contributed by atoms with Gasteiger partial charge >= 0.3 is 11.9 Å². The van der Waals surface area contributed by atoms with Crippen LogP contribution in [0.2, 0.25) is 0 Å². The number of aliphatic carboxylic acids is 2. The molecule has 20 heavy (non-hydrogen) atoms. The Bertz CT molecular complexity index is 315. The number of piperidine rings is 1. The summed E-state index contributed by atoms with van der Waals surface area (Å²) in [6.07, 6.45) is 7.24. The van der Waals surface area contributed by atoms with E-state index >= 15 is 0 Å². The number of hydrogen-bond acceptors (Lipinski definition) is 6. The normalized spacial score (nSPS) is 24.5. The molecule has 1 fully saturated rings. The molecule has 116 valence electrons. The first-order valence-corrected chi connectivity index (χ1v) is 6.52. The molecule has 0 aromatic heterocycles. The minimum absolute atomic E-state index is 0.279. The van der Waals surface area contributed by atoms with Crippen LogP contribution in [0.1, 0.15) is 38.5 Å². The Morgan fingerprint density at radius 1 is 1.05 bits per heavy atom. The molecule has 2 aliphatic heterocycles. The lowest BCUT2D eigenvalue weighted by atomic mass is 10.1. The van der Waals surface area contributed by atoms with Crippen molar-refractivity contribution in [2.45, 2.75) is 50.6 Å². The Balaban J connectivity index is 0.000000321. The summed E-state index contributed by atoms with van der Waals surface area (Å²) in [6, 6.07) is -0.738. The SMILES string of the molecule is O=C(O)C1CCCC=N1.O=C(O)C1CCCCN1.OO. The standard InChI is InChI=1S/C6H11NO2.C6H9NO2.H2O2/c2*8-6(9)5-3-1-2-4-7-5;1-2/h5,7H,1-4H2,(H,8,9);4-5H,1-3H2,(H,8,9);1-2H. The number of nitrogens with zero attached hydrogens (tertiary/aromatic N) is 1. The van der Waals surface area contributed by atoms with Gasteiger partial charge in [0.2, 0.25) is 0 Å². The fourth-order valence-electron chi connectivity index (χ4n) is 1.93. The van der Waals surface area contributed by atoms with Crippen LogP contribution in [-0.2, 0) is 9.59 Å².